The molecule has 0 atom stereocenters. The van der Waals surface area contributed by atoms with E-state index in [-0.39, 0.29) is 5.91 Å². The predicted octanol–water partition coefficient (Wildman–Crippen LogP) is 0.0883. The van der Waals surface area contributed by atoms with Gasteiger partial charge in [-0.1, -0.05) is 0 Å². The fourth-order valence-corrected chi connectivity index (χ4v) is 0.795. The lowest BCUT2D eigenvalue weighted by Gasteiger charge is -1.95. The summed E-state index contributed by atoms with van der Waals surface area (Å²) < 4.78 is 0. The van der Waals surface area contributed by atoms with Gasteiger partial charge in [-0.15, -0.1) is 0 Å². The maximum absolute atomic E-state index is 10.8. The summed E-state index contributed by atoms with van der Waals surface area (Å²) in [5, 5.41) is 2.55. The Bertz CT molecular complexity index is 218. The monoisotopic (exact) mass is 153 g/mol. The van der Waals surface area contributed by atoms with Crippen LogP contribution < -0.4 is 5.32 Å². The molecule has 0 spiro atoms. The van der Waals surface area contributed by atoms with Gasteiger partial charge in [0.15, 0.2) is 0 Å². The molecule has 1 heterocycles. The zero-order valence-corrected chi connectivity index (χ0v) is 6.42. The maximum Gasteiger partial charge on any atom is 0.220 e. The van der Waals surface area contributed by atoms with Gasteiger partial charge in [-0.3, -0.25) is 4.79 Å². The van der Waals surface area contributed by atoms with Crippen LogP contribution in [0, 0.1) is 0 Å². The molecule has 4 nitrogen and oxygen atoms in total. The van der Waals surface area contributed by atoms with Gasteiger partial charge >= 0.3 is 0 Å². The Morgan fingerprint density at radius 3 is 3.18 bits per heavy atom. The number of aryl methyl sites for hydroxylation is 1. The lowest BCUT2D eigenvalue weighted by molar-refractivity contribution is -0.120. The molecule has 1 aromatic heterocycles. The van der Waals surface area contributed by atoms with Crippen molar-refractivity contribution in [2.45, 2.75) is 12.8 Å². The molecule has 0 aliphatic rings. The van der Waals surface area contributed by atoms with Crippen LogP contribution in [-0.4, -0.2) is 22.9 Å². The van der Waals surface area contributed by atoms with Gasteiger partial charge in [0.1, 0.15) is 0 Å². The fourth-order valence-electron chi connectivity index (χ4n) is 0.795. The van der Waals surface area contributed by atoms with E-state index in [0.29, 0.717) is 6.42 Å². The lowest BCUT2D eigenvalue weighted by atomic mass is 10.2. The lowest BCUT2D eigenvalue weighted by Crippen LogP contribution is -2.17. The van der Waals surface area contributed by atoms with E-state index in [9.17, 15) is 4.79 Å². The van der Waals surface area contributed by atoms with Crippen LogP contribution in [0.2, 0.25) is 0 Å². The SMILES string of the molecule is CNC(=O)CCc1cnc[nH]1. The van der Waals surface area contributed by atoms with Gasteiger partial charge in [0, 0.05) is 25.4 Å². The normalized spacial score (nSPS) is 9.55. The number of aromatic nitrogens is 2. The minimum Gasteiger partial charge on any atom is -0.359 e. The molecular weight excluding hydrogens is 142 g/mol. The third-order valence-corrected chi connectivity index (χ3v) is 1.46. The predicted molar refractivity (Wildman–Crippen MR) is 41.0 cm³/mol. The van der Waals surface area contributed by atoms with Gasteiger partial charge in [0.25, 0.3) is 0 Å². The molecule has 0 radical (unpaired) electrons. The molecule has 4 heteroatoms. The van der Waals surface area contributed by atoms with Gasteiger partial charge in [-0.2, -0.15) is 0 Å². The van der Waals surface area contributed by atoms with Crippen LogP contribution in [0.5, 0.6) is 0 Å². The van der Waals surface area contributed by atoms with E-state index in [4.69, 9.17) is 0 Å². The third-order valence-electron chi connectivity index (χ3n) is 1.46. The first-order chi connectivity index (χ1) is 5.33. The molecule has 60 valence electrons. The first kappa shape index (κ1) is 7.78. The summed E-state index contributed by atoms with van der Waals surface area (Å²) in [6.07, 6.45) is 4.57. The van der Waals surface area contributed by atoms with E-state index >= 15 is 0 Å². The number of amides is 1. The number of carbonyl (C=O) groups is 1. The van der Waals surface area contributed by atoms with Crippen molar-refractivity contribution in [3.63, 3.8) is 0 Å². The topological polar surface area (TPSA) is 57.8 Å². The quantitative estimate of drug-likeness (QED) is 0.646. The molecule has 0 bridgehead atoms. The van der Waals surface area contributed by atoms with E-state index in [1.54, 1.807) is 19.6 Å². The van der Waals surface area contributed by atoms with Crippen LogP contribution in [-0.2, 0) is 11.2 Å². The molecule has 2 N–H and O–H groups in total. The average Bonchev–Trinajstić information content (AvgIpc) is 2.52. The molecule has 0 unspecified atom stereocenters. The fraction of sp³-hybridized carbons (Fsp3) is 0.429. The second-order valence-electron chi connectivity index (χ2n) is 2.25. The molecule has 0 saturated heterocycles. The van der Waals surface area contributed by atoms with Gasteiger partial charge in [0.05, 0.1) is 6.33 Å². The number of H-pyrrole nitrogens is 1. The summed E-state index contributed by atoms with van der Waals surface area (Å²) >= 11 is 0. The number of nitrogens with zero attached hydrogens (tertiary/aromatic N) is 1. The minimum absolute atomic E-state index is 0.0552. The van der Waals surface area contributed by atoms with Crippen LogP contribution in [0.25, 0.3) is 0 Å². The van der Waals surface area contributed by atoms with E-state index < -0.39 is 0 Å². The summed E-state index contributed by atoms with van der Waals surface area (Å²) in [7, 11) is 1.63. The summed E-state index contributed by atoms with van der Waals surface area (Å²) in [5.41, 5.74) is 0.994. The highest BCUT2D eigenvalue weighted by atomic mass is 16.1. The second-order valence-corrected chi connectivity index (χ2v) is 2.25. The standard InChI is InChI=1S/C7H11N3O/c1-8-7(11)3-2-6-4-9-5-10-6/h4-5H,2-3H2,1H3,(H,8,11)(H,9,10). The van der Waals surface area contributed by atoms with Crippen molar-refractivity contribution in [1.82, 2.24) is 15.3 Å². The molecule has 0 aliphatic carbocycles. The van der Waals surface area contributed by atoms with Crippen molar-refractivity contribution in [3.8, 4) is 0 Å². The third kappa shape index (κ3) is 2.41. The minimum atomic E-state index is 0.0552. The van der Waals surface area contributed by atoms with Crippen molar-refractivity contribution in [3.05, 3.63) is 18.2 Å². The molecule has 1 aromatic rings. The average molecular weight is 153 g/mol. The van der Waals surface area contributed by atoms with Gasteiger partial charge in [-0.25, -0.2) is 4.98 Å². The number of carbonyl (C=O) groups excluding carboxylic acids is 1. The first-order valence-electron chi connectivity index (χ1n) is 3.50. The van der Waals surface area contributed by atoms with Crippen LogP contribution >= 0.6 is 0 Å². The van der Waals surface area contributed by atoms with Crippen molar-refractivity contribution in [2.24, 2.45) is 0 Å². The number of imidazole rings is 1. The van der Waals surface area contributed by atoms with Gasteiger partial charge in [0.2, 0.25) is 5.91 Å². The van der Waals surface area contributed by atoms with Crippen LogP contribution in [0.1, 0.15) is 12.1 Å². The number of aromatic amines is 1. The Labute approximate surface area is 65.0 Å². The first-order valence-corrected chi connectivity index (χ1v) is 3.50. The Kier molecular flexibility index (Phi) is 2.66. The van der Waals surface area contributed by atoms with Crippen molar-refractivity contribution in [1.29, 1.82) is 0 Å². The molecule has 1 amide bonds. The van der Waals surface area contributed by atoms with Crippen molar-refractivity contribution in [2.75, 3.05) is 7.05 Å². The highest BCUT2D eigenvalue weighted by Gasteiger charge is 1.98. The molecular formula is C7H11N3O. The number of rotatable bonds is 3. The summed E-state index contributed by atoms with van der Waals surface area (Å²) in [6.45, 7) is 0. The van der Waals surface area contributed by atoms with Crippen LogP contribution in [0.15, 0.2) is 12.5 Å². The molecule has 1 rings (SSSR count). The number of hydrogen-bond donors (Lipinski definition) is 2. The van der Waals surface area contributed by atoms with E-state index in [1.165, 1.54) is 0 Å². The van der Waals surface area contributed by atoms with E-state index in [0.717, 1.165) is 12.1 Å². The summed E-state index contributed by atoms with van der Waals surface area (Å²) in [5.74, 6) is 0.0552. The Morgan fingerprint density at radius 2 is 2.64 bits per heavy atom. The number of hydrogen-bond acceptors (Lipinski definition) is 2. The molecule has 11 heavy (non-hydrogen) atoms. The van der Waals surface area contributed by atoms with Crippen molar-refractivity contribution < 1.29 is 4.79 Å². The van der Waals surface area contributed by atoms with Crippen LogP contribution in [0.4, 0.5) is 0 Å². The zero-order chi connectivity index (χ0) is 8.10. The molecule has 0 aromatic carbocycles. The maximum atomic E-state index is 10.8. The number of nitrogens with one attached hydrogen (secondary N) is 2. The second kappa shape index (κ2) is 3.75. The summed E-state index contributed by atoms with van der Waals surface area (Å²) in [4.78, 5) is 17.5. The Morgan fingerprint density at radius 1 is 1.82 bits per heavy atom. The Hall–Kier alpha value is -1.32. The van der Waals surface area contributed by atoms with Crippen molar-refractivity contribution >= 4 is 5.91 Å². The highest BCUT2D eigenvalue weighted by molar-refractivity contribution is 5.75. The zero-order valence-electron chi connectivity index (χ0n) is 6.42. The van der Waals surface area contributed by atoms with E-state index in [2.05, 4.69) is 15.3 Å². The van der Waals surface area contributed by atoms with Gasteiger partial charge in [-0.05, 0) is 6.42 Å². The van der Waals surface area contributed by atoms with E-state index in [1.807, 2.05) is 0 Å². The summed E-state index contributed by atoms with van der Waals surface area (Å²) in [6, 6.07) is 0. The molecule has 0 aliphatic heterocycles. The smallest absolute Gasteiger partial charge is 0.220 e. The van der Waals surface area contributed by atoms with Gasteiger partial charge < -0.3 is 10.3 Å². The largest absolute Gasteiger partial charge is 0.359 e. The molecule has 0 fully saturated rings. The molecule has 0 saturated carbocycles. The Balaban J connectivity index is 2.29. The van der Waals surface area contributed by atoms with Crippen LogP contribution in [0.3, 0.4) is 0 Å². The highest BCUT2D eigenvalue weighted by Crippen LogP contribution is 1.95.